The van der Waals surface area contributed by atoms with E-state index in [0.29, 0.717) is 5.92 Å². The first-order valence-electron chi connectivity index (χ1n) is 6.47. The van der Waals surface area contributed by atoms with Crippen LogP contribution in [0.15, 0.2) is 29.2 Å². The molecule has 1 N–H and O–H groups in total. The van der Waals surface area contributed by atoms with E-state index in [-0.39, 0.29) is 11.5 Å². The fourth-order valence-electron chi connectivity index (χ4n) is 1.79. The molecule has 0 bridgehead atoms. The summed E-state index contributed by atoms with van der Waals surface area (Å²) in [6.07, 6.45) is 0.934. The van der Waals surface area contributed by atoms with Gasteiger partial charge in [0.25, 0.3) is 0 Å². The Labute approximate surface area is 116 Å². The Morgan fingerprint density at radius 3 is 2.11 bits per heavy atom. The monoisotopic (exact) mass is 285 g/mol. The van der Waals surface area contributed by atoms with Crippen LogP contribution in [-0.2, 0) is 16.4 Å². The highest BCUT2D eigenvalue weighted by molar-refractivity contribution is 7.89. The van der Waals surface area contributed by atoms with Gasteiger partial charge in [0.15, 0.2) is 0 Å². The number of sulfonamides is 1. The first-order chi connectivity index (χ1) is 8.78. The summed E-state index contributed by atoms with van der Waals surface area (Å²) in [5.74, 6) is 0.541. The molecule has 1 aromatic carbocycles. The van der Waals surface area contributed by atoms with Gasteiger partial charge in [0, 0.05) is 13.1 Å². The Morgan fingerprint density at radius 2 is 1.68 bits per heavy atom. The second-order valence-corrected chi connectivity index (χ2v) is 7.29. The number of rotatable bonds is 6. The SMILES string of the molecule is CC(C)Cc1ccc(S(=O)(=O)N(C)[C@@H](C)CO)cc1. The van der Waals surface area contributed by atoms with Gasteiger partial charge in [0.1, 0.15) is 0 Å². The summed E-state index contributed by atoms with van der Waals surface area (Å²) in [5, 5.41) is 9.05. The Morgan fingerprint density at radius 1 is 1.16 bits per heavy atom. The van der Waals surface area contributed by atoms with Crippen molar-refractivity contribution >= 4 is 10.0 Å². The largest absolute Gasteiger partial charge is 0.395 e. The van der Waals surface area contributed by atoms with E-state index in [9.17, 15) is 8.42 Å². The van der Waals surface area contributed by atoms with Gasteiger partial charge in [-0.2, -0.15) is 4.31 Å². The molecule has 4 nitrogen and oxygen atoms in total. The zero-order valence-electron chi connectivity index (χ0n) is 12.0. The molecule has 0 amide bonds. The first-order valence-corrected chi connectivity index (χ1v) is 7.91. The lowest BCUT2D eigenvalue weighted by Gasteiger charge is -2.22. The summed E-state index contributed by atoms with van der Waals surface area (Å²) in [5.41, 5.74) is 1.13. The van der Waals surface area contributed by atoms with Crippen LogP contribution in [0.1, 0.15) is 26.3 Å². The molecule has 0 aliphatic rings. The number of aliphatic hydroxyl groups excluding tert-OH is 1. The lowest BCUT2D eigenvalue weighted by molar-refractivity contribution is 0.214. The number of hydrogen-bond acceptors (Lipinski definition) is 3. The zero-order chi connectivity index (χ0) is 14.6. The minimum atomic E-state index is -3.52. The van der Waals surface area contributed by atoms with E-state index < -0.39 is 16.1 Å². The van der Waals surface area contributed by atoms with E-state index in [0.717, 1.165) is 12.0 Å². The molecule has 0 unspecified atom stereocenters. The number of hydrogen-bond donors (Lipinski definition) is 1. The molecule has 0 heterocycles. The summed E-state index contributed by atoms with van der Waals surface area (Å²) in [7, 11) is -2.04. The zero-order valence-corrected chi connectivity index (χ0v) is 12.8. The van der Waals surface area contributed by atoms with Gasteiger partial charge in [-0.25, -0.2) is 8.42 Å². The molecular formula is C14H23NO3S. The normalized spacial score (nSPS) is 14.1. The van der Waals surface area contributed by atoms with Gasteiger partial charge in [-0.15, -0.1) is 0 Å². The van der Waals surface area contributed by atoms with Crippen LogP contribution >= 0.6 is 0 Å². The minimum Gasteiger partial charge on any atom is -0.395 e. The van der Waals surface area contributed by atoms with Crippen molar-refractivity contribution in [1.82, 2.24) is 4.31 Å². The second-order valence-electron chi connectivity index (χ2n) is 5.29. The van der Waals surface area contributed by atoms with Gasteiger partial charge >= 0.3 is 0 Å². The molecule has 0 radical (unpaired) electrons. The lowest BCUT2D eigenvalue weighted by Crippen LogP contribution is -2.37. The minimum absolute atomic E-state index is 0.193. The van der Waals surface area contributed by atoms with Crippen molar-refractivity contribution in [2.45, 2.75) is 38.1 Å². The van der Waals surface area contributed by atoms with E-state index in [2.05, 4.69) is 13.8 Å². The summed E-state index contributed by atoms with van der Waals surface area (Å²) >= 11 is 0. The first kappa shape index (κ1) is 16.1. The predicted octanol–water partition coefficient (Wildman–Crippen LogP) is 1.89. The molecule has 0 aliphatic carbocycles. The molecule has 0 fully saturated rings. The van der Waals surface area contributed by atoms with Crippen LogP contribution in [0, 0.1) is 5.92 Å². The Bertz CT molecular complexity index is 494. The third-order valence-corrected chi connectivity index (χ3v) is 5.12. The standard InChI is InChI=1S/C14H23NO3S/c1-11(2)9-13-5-7-14(8-6-13)19(17,18)15(4)12(3)10-16/h5-8,11-12,16H,9-10H2,1-4H3/t12-/m0/s1. The van der Waals surface area contributed by atoms with Gasteiger partial charge in [-0.05, 0) is 37.0 Å². The maximum atomic E-state index is 12.3. The maximum Gasteiger partial charge on any atom is 0.243 e. The smallest absolute Gasteiger partial charge is 0.243 e. The summed E-state index contributed by atoms with van der Waals surface area (Å²) < 4.78 is 25.8. The topological polar surface area (TPSA) is 57.6 Å². The van der Waals surface area contributed by atoms with Crippen molar-refractivity contribution in [1.29, 1.82) is 0 Å². The highest BCUT2D eigenvalue weighted by Crippen LogP contribution is 2.18. The second kappa shape index (κ2) is 6.50. The third kappa shape index (κ3) is 4.03. The van der Waals surface area contributed by atoms with Gasteiger partial charge in [0.05, 0.1) is 11.5 Å². The number of likely N-dealkylation sites (N-methyl/N-ethyl adjacent to an activating group) is 1. The van der Waals surface area contributed by atoms with Crippen molar-refractivity contribution < 1.29 is 13.5 Å². The molecule has 1 aromatic rings. The molecule has 0 aliphatic heterocycles. The van der Waals surface area contributed by atoms with Crippen molar-refractivity contribution in [3.63, 3.8) is 0 Å². The molecule has 0 saturated carbocycles. The fraction of sp³-hybridized carbons (Fsp3) is 0.571. The van der Waals surface area contributed by atoms with Crippen molar-refractivity contribution in [3.05, 3.63) is 29.8 Å². The van der Waals surface area contributed by atoms with Gasteiger partial charge in [-0.1, -0.05) is 26.0 Å². The summed E-state index contributed by atoms with van der Waals surface area (Å²) in [6, 6.07) is 6.54. The van der Waals surface area contributed by atoms with E-state index in [1.807, 2.05) is 12.1 Å². The predicted molar refractivity (Wildman–Crippen MR) is 76.5 cm³/mol. The molecule has 5 heteroatoms. The molecule has 1 atom stereocenters. The summed E-state index contributed by atoms with van der Waals surface area (Å²) in [6.45, 7) is 5.73. The van der Waals surface area contributed by atoms with Crippen molar-refractivity contribution in [3.8, 4) is 0 Å². The molecule has 0 saturated heterocycles. The molecule has 1 rings (SSSR count). The van der Waals surface area contributed by atoms with Crippen LogP contribution in [0.3, 0.4) is 0 Å². The molecular weight excluding hydrogens is 262 g/mol. The van der Waals surface area contributed by atoms with Crippen LogP contribution in [0.5, 0.6) is 0 Å². The highest BCUT2D eigenvalue weighted by atomic mass is 32.2. The van der Waals surface area contributed by atoms with E-state index in [1.54, 1.807) is 19.1 Å². The van der Waals surface area contributed by atoms with Gasteiger partial charge in [-0.3, -0.25) is 0 Å². The van der Waals surface area contributed by atoms with Gasteiger partial charge < -0.3 is 5.11 Å². The highest BCUT2D eigenvalue weighted by Gasteiger charge is 2.24. The van der Waals surface area contributed by atoms with E-state index >= 15 is 0 Å². The van der Waals surface area contributed by atoms with Crippen LogP contribution < -0.4 is 0 Å². The van der Waals surface area contributed by atoms with Crippen molar-refractivity contribution in [2.75, 3.05) is 13.7 Å². The lowest BCUT2D eigenvalue weighted by atomic mass is 10.0. The average Bonchev–Trinajstić information content (AvgIpc) is 2.36. The van der Waals surface area contributed by atoms with Crippen LogP contribution in [0.4, 0.5) is 0 Å². The Kier molecular flexibility index (Phi) is 5.52. The molecule has 19 heavy (non-hydrogen) atoms. The molecule has 0 spiro atoms. The van der Waals surface area contributed by atoms with Crippen LogP contribution in [0.2, 0.25) is 0 Å². The quantitative estimate of drug-likeness (QED) is 0.868. The van der Waals surface area contributed by atoms with Crippen LogP contribution in [0.25, 0.3) is 0 Å². The molecule has 108 valence electrons. The van der Waals surface area contributed by atoms with Gasteiger partial charge in [0.2, 0.25) is 10.0 Å². The average molecular weight is 285 g/mol. The number of benzene rings is 1. The third-order valence-electron chi connectivity index (χ3n) is 3.13. The van der Waals surface area contributed by atoms with Crippen molar-refractivity contribution in [2.24, 2.45) is 5.92 Å². The molecule has 0 aromatic heterocycles. The number of nitrogens with zero attached hydrogens (tertiary/aromatic N) is 1. The van der Waals surface area contributed by atoms with E-state index in [4.69, 9.17) is 5.11 Å². The van der Waals surface area contributed by atoms with Crippen LogP contribution in [-0.4, -0.2) is 37.5 Å². The fourth-order valence-corrected chi connectivity index (χ4v) is 3.14. The van der Waals surface area contributed by atoms with E-state index in [1.165, 1.54) is 11.4 Å². The number of aliphatic hydroxyl groups is 1. The maximum absolute atomic E-state index is 12.3. The Hall–Kier alpha value is -0.910. The summed E-state index contributed by atoms with van der Waals surface area (Å²) in [4.78, 5) is 0.266. The Balaban J connectivity index is 2.97.